The Kier molecular flexibility index (Phi) is 16.8. The van der Waals surface area contributed by atoms with E-state index in [2.05, 4.69) is 47.6 Å². The van der Waals surface area contributed by atoms with Crippen LogP contribution in [0.2, 0.25) is 0 Å². The fourth-order valence-electron chi connectivity index (χ4n) is 13.2. The maximum absolute atomic E-state index is 13.4. The average molecular weight is 945 g/mol. The molecule has 0 radical (unpaired) electrons. The highest BCUT2D eigenvalue weighted by Crippen LogP contribution is 2.67. The van der Waals surface area contributed by atoms with Crippen molar-refractivity contribution in [2.24, 2.45) is 51.8 Å². The SMILES string of the molecule is CCC1(COCCCCCCOc2ccc(C(=O)Oc3ccc(OC(=O)c4ccc(C(=O)OC5CCC6(C)C(=CCC7C6CCC6(C)C(C(C)CCCC(C)C)CCC76)C5)cc4)cc3)cc2)COC1. The van der Waals surface area contributed by atoms with E-state index in [1.165, 1.54) is 56.9 Å². The zero-order valence-electron chi connectivity index (χ0n) is 42.6. The zero-order chi connectivity index (χ0) is 48.6. The normalized spacial score (nSPS) is 27.2. The van der Waals surface area contributed by atoms with E-state index in [1.54, 1.807) is 72.8 Å². The molecule has 3 aromatic carbocycles. The fourth-order valence-corrected chi connectivity index (χ4v) is 13.2. The molecule has 4 fully saturated rings. The fraction of sp³-hybridized carbons (Fsp3) is 0.617. The number of carbonyl (C=O) groups excluding carboxylic acids is 3. The second kappa shape index (κ2) is 22.7. The summed E-state index contributed by atoms with van der Waals surface area (Å²) in [6.07, 6.45) is 21.1. The first-order valence-corrected chi connectivity index (χ1v) is 26.7. The second-order valence-corrected chi connectivity index (χ2v) is 22.6. The highest BCUT2D eigenvalue weighted by Gasteiger charge is 2.59. The minimum Gasteiger partial charge on any atom is -0.494 e. The van der Waals surface area contributed by atoms with E-state index in [0.29, 0.717) is 51.9 Å². The van der Waals surface area contributed by atoms with Crippen LogP contribution in [0.1, 0.15) is 175 Å². The van der Waals surface area contributed by atoms with Crippen LogP contribution >= 0.6 is 0 Å². The van der Waals surface area contributed by atoms with E-state index in [-0.39, 0.29) is 22.9 Å². The van der Waals surface area contributed by atoms with Gasteiger partial charge in [0, 0.05) is 18.4 Å². The van der Waals surface area contributed by atoms with E-state index in [4.69, 9.17) is 28.4 Å². The van der Waals surface area contributed by atoms with Crippen LogP contribution in [0.4, 0.5) is 0 Å². The van der Waals surface area contributed by atoms with Gasteiger partial charge in [-0.15, -0.1) is 0 Å². The molecule has 9 nitrogen and oxygen atoms in total. The molecule has 0 bridgehead atoms. The van der Waals surface area contributed by atoms with Crippen molar-refractivity contribution in [1.29, 1.82) is 0 Å². The Balaban J connectivity index is 0.738. The lowest BCUT2D eigenvalue weighted by Crippen LogP contribution is -2.51. The standard InChI is InChI=1S/C60H80O9/c1-7-60(39-65-40-60)38-64-35-10-8-9-11-36-66-47-22-19-45(20-23-47)56(62)68-49-26-24-48(25-27-49)67-55(61)43-15-17-44(18-16-43)57(63)69-50-31-33-58(5)46(37-50)21-28-51-53-30-29-52(42(4)14-12-13-41(2)3)59(53,6)34-32-54(51)58/h15-27,41-42,50-54H,7-14,28-40H2,1-6H3. The summed E-state index contributed by atoms with van der Waals surface area (Å²) in [5.74, 6) is 4.65. The largest absolute Gasteiger partial charge is 0.494 e. The van der Waals surface area contributed by atoms with Crippen LogP contribution in [0.5, 0.6) is 17.2 Å². The van der Waals surface area contributed by atoms with Crippen LogP contribution in [0.15, 0.2) is 84.4 Å². The molecule has 374 valence electrons. The van der Waals surface area contributed by atoms with Crippen molar-refractivity contribution >= 4 is 17.9 Å². The molecule has 0 amide bonds. The van der Waals surface area contributed by atoms with Gasteiger partial charge in [-0.1, -0.05) is 78.9 Å². The van der Waals surface area contributed by atoms with Crippen molar-refractivity contribution in [2.45, 2.75) is 150 Å². The Bertz CT molecular complexity index is 2200. The number of esters is 3. The molecule has 0 spiro atoms. The maximum Gasteiger partial charge on any atom is 0.343 e. The van der Waals surface area contributed by atoms with Crippen LogP contribution in [0.3, 0.4) is 0 Å². The number of unbranched alkanes of at least 4 members (excludes halogenated alkanes) is 3. The van der Waals surface area contributed by atoms with Gasteiger partial charge in [0.15, 0.2) is 0 Å². The molecular weight excluding hydrogens is 865 g/mol. The molecular formula is C60H80O9. The van der Waals surface area contributed by atoms with E-state index in [9.17, 15) is 14.4 Å². The van der Waals surface area contributed by atoms with Gasteiger partial charge in [-0.3, -0.25) is 0 Å². The summed E-state index contributed by atoms with van der Waals surface area (Å²) in [5.41, 5.74) is 3.51. The number of carbonyl (C=O) groups is 3. The Labute approximate surface area is 412 Å². The van der Waals surface area contributed by atoms with E-state index in [0.717, 1.165) is 107 Å². The third-order valence-electron chi connectivity index (χ3n) is 17.7. The summed E-state index contributed by atoms with van der Waals surface area (Å²) >= 11 is 0. The molecule has 69 heavy (non-hydrogen) atoms. The Morgan fingerprint density at radius 1 is 0.667 bits per heavy atom. The minimum absolute atomic E-state index is 0.148. The van der Waals surface area contributed by atoms with Crippen LogP contribution in [-0.4, -0.2) is 57.0 Å². The molecule has 8 rings (SSSR count). The molecule has 3 aromatic rings. The average Bonchev–Trinajstić information content (AvgIpc) is 3.70. The van der Waals surface area contributed by atoms with Crippen molar-refractivity contribution in [3.8, 4) is 17.2 Å². The summed E-state index contributed by atoms with van der Waals surface area (Å²) < 4.78 is 34.5. The molecule has 9 heteroatoms. The summed E-state index contributed by atoms with van der Waals surface area (Å²) in [6.45, 7) is 18.4. The number of fused-ring (bicyclic) bond motifs is 5. The summed E-state index contributed by atoms with van der Waals surface area (Å²) in [6, 6.07) is 19.7. The second-order valence-electron chi connectivity index (χ2n) is 22.6. The first-order valence-electron chi connectivity index (χ1n) is 26.7. The van der Waals surface area contributed by atoms with Crippen molar-refractivity contribution in [3.63, 3.8) is 0 Å². The van der Waals surface area contributed by atoms with Crippen molar-refractivity contribution in [2.75, 3.05) is 33.0 Å². The highest BCUT2D eigenvalue weighted by atomic mass is 16.5. The molecule has 8 atom stereocenters. The molecule has 1 saturated heterocycles. The van der Waals surface area contributed by atoms with Crippen molar-refractivity contribution < 1.29 is 42.8 Å². The van der Waals surface area contributed by atoms with Gasteiger partial charge in [0.25, 0.3) is 0 Å². The molecule has 1 heterocycles. The van der Waals surface area contributed by atoms with Gasteiger partial charge >= 0.3 is 17.9 Å². The molecule has 1 aliphatic heterocycles. The van der Waals surface area contributed by atoms with Crippen LogP contribution in [0.25, 0.3) is 0 Å². The molecule has 5 aliphatic rings. The Hall–Kier alpha value is -4.47. The molecule has 0 N–H and O–H groups in total. The van der Waals surface area contributed by atoms with Gasteiger partial charge in [0.1, 0.15) is 23.4 Å². The first-order chi connectivity index (χ1) is 33.3. The van der Waals surface area contributed by atoms with Crippen molar-refractivity contribution in [1.82, 2.24) is 0 Å². The highest BCUT2D eigenvalue weighted by molar-refractivity contribution is 5.94. The van der Waals surface area contributed by atoms with E-state index < -0.39 is 11.9 Å². The maximum atomic E-state index is 13.4. The van der Waals surface area contributed by atoms with Gasteiger partial charge in [0.2, 0.25) is 0 Å². The van der Waals surface area contributed by atoms with Gasteiger partial charge in [-0.05, 0) is 190 Å². The molecule has 8 unspecified atom stereocenters. The summed E-state index contributed by atoms with van der Waals surface area (Å²) in [5, 5.41) is 0. The van der Waals surface area contributed by atoms with Crippen LogP contribution in [0, 0.1) is 51.8 Å². The molecule has 0 aromatic heterocycles. The van der Waals surface area contributed by atoms with Crippen LogP contribution in [-0.2, 0) is 14.2 Å². The number of benzene rings is 3. The predicted octanol–water partition coefficient (Wildman–Crippen LogP) is 14.1. The molecule has 4 aliphatic carbocycles. The number of allylic oxidation sites excluding steroid dienone is 1. The lowest BCUT2D eigenvalue weighted by molar-refractivity contribution is -0.150. The smallest absolute Gasteiger partial charge is 0.343 e. The first kappa shape index (κ1) is 50.9. The van der Waals surface area contributed by atoms with E-state index >= 15 is 0 Å². The monoisotopic (exact) mass is 945 g/mol. The number of hydrogen-bond donors (Lipinski definition) is 0. The summed E-state index contributed by atoms with van der Waals surface area (Å²) in [4.78, 5) is 39.4. The van der Waals surface area contributed by atoms with Crippen LogP contribution < -0.4 is 14.2 Å². The van der Waals surface area contributed by atoms with Gasteiger partial charge in [-0.2, -0.15) is 0 Å². The van der Waals surface area contributed by atoms with Gasteiger partial charge in [0.05, 0.1) is 43.1 Å². The van der Waals surface area contributed by atoms with E-state index in [1.807, 2.05) is 0 Å². The Morgan fingerprint density at radius 2 is 1.28 bits per heavy atom. The molecule has 3 saturated carbocycles. The number of rotatable bonds is 22. The summed E-state index contributed by atoms with van der Waals surface area (Å²) in [7, 11) is 0. The third kappa shape index (κ3) is 12.0. The van der Waals surface area contributed by atoms with Crippen molar-refractivity contribution in [3.05, 3.63) is 101 Å². The van der Waals surface area contributed by atoms with Gasteiger partial charge in [-0.25, -0.2) is 14.4 Å². The minimum atomic E-state index is -0.561. The number of ether oxygens (including phenoxy) is 6. The Morgan fingerprint density at radius 3 is 1.88 bits per heavy atom. The quantitative estimate of drug-likeness (QED) is 0.0421. The lowest BCUT2D eigenvalue weighted by atomic mass is 9.47. The van der Waals surface area contributed by atoms with Gasteiger partial charge < -0.3 is 28.4 Å². The topological polar surface area (TPSA) is 107 Å². The third-order valence-corrected chi connectivity index (χ3v) is 17.7. The number of hydrogen-bond acceptors (Lipinski definition) is 9. The zero-order valence-corrected chi connectivity index (χ0v) is 42.6. The predicted molar refractivity (Wildman–Crippen MR) is 270 cm³/mol. The lowest BCUT2D eigenvalue weighted by Gasteiger charge is -2.58.